The summed E-state index contributed by atoms with van der Waals surface area (Å²) in [6.07, 6.45) is 1.58. The first-order valence-electron chi connectivity index (χ1n) is 8.68. The van der Waals surface area contributed by atoms with Crippen LogP contribution in [0.5, 0.6) is 0 Å². The number of benzene rings is 1. The van der Waals surface area contributed by atoms with Gasteiger partial charge in [0.1, 0.15) is 10.8 Å². The molecule has 1 aromatic carbocycles. The highest BCUT2D eigenvalue weighted by Gasteiger charge is 2.13. The van der Waals surface area contributed by atoms with Crippen LogP contribution >= 0.6 is 23.1 Å². The van der Waals surface area contributed by atoms with Gasteiger partial charge in [-0.3, -0.25) is 10.1 Å². The number of carbonyl (C=O) groups is 1. The molecule has 3 rings (SSSR count). The van der Waals surface area contributed by atoms with E-state index < -0.39 is 0 Å². The lowest BCUT2D eigenvalue weighted by Gasteiger charge is -2.04. The number of anilines is 1. The molecule has 0 saturated carbocycles. The van der Waals surface area contributed by atoms with Crippen LogP contribution < -0.4 is 5.32 Å². The molecule has 0 spiro atoms. The number of hydrogen-bond donors (Lipinski definition) is 1. The fourth-order valence-corrected chi connectivity index (χ4v) is 4.12. The summed E-state index contributed by atoms with van der Waals surface area (Å²) in [5.74, 6) is 1.50. The summed E-state index contributed by atoms with van der Waals surface area (Å²) in [7, 11) is 1.92. The zero-order valence-electron chi connectivity index (χ0n) is 15.5. The first-order valence-corrected chi connectivity index (χ1v) is 10.5. The zero-order valence-corrected chi connectivity index (χ0v) is 17.2. The smallest absolute Gasteiger partial charge is 0.236 e. The van der Waals surface area contributed by atoms with Gasteiger partial charge in [-0.05, 0) is 11.5 Å². The van der Waals surface area contributed by atoms with Crippen molar-refractivity contribution in [1.82, 2.24) is 25.0 Å². The van der Waals surface area contributed by atoms with Crippen LogP contribution in [0.3, 0.4) is 0 Å². The molecule has 2 aromatic heterocycles. The van der Waals surface area contributed by atoms with E-state index in [4.69, 9.17) is 0 Å². The van der Waals surface area contributed by atoms with Crippen LogP contribution in [0.2, 0.25) is 0 Å². The monoisotopic (exact) mass is 402 g/mol. The van der Waals surface area contributed by atoms with Crippen LogP contribution in [0.15, 0.2) is 35.5 Å². The summed E-state index contributed by atoms with van der Waals surface area (Å²) in [5.41, 5.74) is 1.18. The molecule has 0 aliphatic rings. The van der Waals surface area contributed by atoms with Gasteiger partial charge in [0.15, 0.2) is 5.16 Å². The fourth-order valence-electron chi connectivity index (χ4n) is 2.42. The van der Waals surface area contributed by atoms with Crippen molar-refractivity contribution in [2.24, 2.45) is 13.0 Å². The van der Waals surface area contributed by atoms with Gasteiger partial charge >= 0.3 is 0 Å². The molecule has 142 valence electrons. The van der Waals surface area contributed by atoms with E-state index in [-0.39, 0.29) is 11.7 Å². The molecule has 0 aliphatic heterocycles. The van der Waals surface area contributed by atoms with Gasteiger partial charge < -0.3 is 4.57 Å². The maximum Gasteiger partial charge on any atom is 0.236 e. The largest absolute Gasteiger partial charge is 0.309 e. The second kappa shape index (κ2) is 9.09. The average molecular weight is 403 g/mol. The molecule has 0 atom stereocenters. The standard InChI is InChI=1S/C18H22N6OS2/c1-12(2)9-16-21-22-17(27-16)19-15(25)11-26-18-23-20-14(24(18)3)10-13-7-5-4-6-8-13/h4-8,12H,9-11H2,1-3H3,(H,19,22,25). The minimum atomic E-state index is -0.125. The van der Waals surface area contributed by atoms with E-state index in [2.05, 4.69) is 51.7 Å². The van der Waals surface area contributed by atoms with E-state index in [9.17, 15) is 4.79 Å². The average Bonchev–Trinajstić information content (AvgIpc) is 3.21. The summed E-state index contributed by atoms with van der Waals surface area (Å²) in [6.45, 7) is 4.26. The summed E-state index contributed by atoms with van der Waals surface area (Å²) >= 11 is 2.78. The van der Waals surface area contributed by atoms with Crippen LogP contribution in [0.25, 0.3) is 0 Å². The predicted molar refractivity (Wildman–Crippen MR) is 108 cm³/mol. The number of nitrogens with one attached hydrogen (secondary N) is 1. The molecule has 1 N–H and O–H groups in total. The van der Waals surface area contributed by atoms with Gasteiger partial charge in [0, 0.05) is 19.9 Å². The molecule has 0 bridgehead atoms. The van der Waals surface area contributed by atoms with E-state index in [1.165, 1.54) is 28.7 Å². The van der Waals surface area contributed by atoms with Crippen molar-refractivity contribution in [2.75, 3.05) is 11.1 Å². The second-order valence-corrected chi connectivity index (χ2v) is 8.56. The first-order chi connectivity index (χ1) is 13.0. The van der Waals surface area contributed by atoms with Crippen molar-refractivity contribution in [1.29, 1.82) is 0 Å². The molecule has 0 fully saturated rings. The Hall–Kier alpha value is -2.26. The molecule has 0 radical (unpaired) electrons. The molecular formula is C18H22N6OS2. The van der Waals surface area contributed by atoms with Crippen molar-refractivity contribution in [3.63, 3.8) is 0 Å². The predicted octanol–water partition coefficient (Wildman–Crippen LogP) is 3.19. The van der Waals surface area contributed by atoms with E-state index >= 15 is 0 Å². The number of nitrogens with zero attached hydrogens (tertiary/aromatic N) is 5. The summed E-state index contributed by atoms with van der Waals surface area (Å²) < 4.78 is 1.93. The van der Waals surface area contributed by atoms with Crippen LogP contribution in [0.1, 0.15) is 30.2 Å². The van der Waals surface area contributed by atoms with Crippen LogP contribution in [0, 0.1) is 5.92 Å². The van der Waals surface area contributed by atoms with Gasteiger partial charge in [0.05, 0.1) is 5.75 Å². The molecule has 0 unspecified atom stereocenters. The molecule has 0 saturated heterocycles. The summed E-state index contributed by atoms with van der Waals surface area (Å²) in [4.78, 5) is 12.2. The quantitative estimate of drug-likeness (QED) is 0.583. The molecule has 2 heterocycles. The fraction of sp³-hybridized carbons (Fsp3) is 0.389. The number of thioether (sulfide) groups is 1. The Morgan fingerprint density at radius 2 is 1.96 bits per heavy atom. The Labute approximate surface area is 166 Å². The van der Waals surface area contributed by atoms with Gasteiger partial charge in [-0.2, -0.15) is 0 Å². The lowest BCUT2D eigenvalue weighted by Crippen LogP contribution is -2.14. The minimum absolute atomic E-state index is 0.125. The summed E-state index contributed by atoms with van der Waals surface area (Å²) in [5, 5.41) is 21.6. The summed E-state index contributed by atoms with van der Waals surface area (Å²) in [6, 6.07) is 10.1. The Morgan fingerprint density at radius 1 is 1.19 bits per heavy atom. The zero-order chi connectivity index (χ0) is 19.2. The molecular weight excluding hydrogens is 380 g/mol. The van der Waals surface area contributed by atoms with Gasteiger partial charge in [0.25, 0.3) is 0 Å². The highest BCUT2D eigenvalue weighted by atomic mass is 32.2. The van der Waals surface area contributed by atoms with Crippen molar-refractivity contribution in [2.45, 2.75) is 31.8 Å². The third kappa shape index (κ3) is 5.61. The number of aromatic nitrogens is 5. The molecule has 3 aromatic rings. The first kappa shape index (κ1) is 19.5. The minimum Gasteiger partial charge on any atom is -0.309 e. The molecule has 0 aliphatic carbocycles. The lowest BCUT2D eigenvalue weighted by molar-refractivity contribution is -0.113. The highest BCUT2D eigenvalue weighted by molar-refractivity contribution is 7.99. The molecule has 1 amide bonds. The number of rotatable bonds is 8. The molecule has 9 heteroatoms. The Bertz CT molecular complexity index is 890. The van der Waals surface area contributed by atoms with Gasteiger partial charge in [-0.15, -0.1) is 20.4 Å². The number of carbonyl (C=O) groups excluding carboxylic acids is 1. The van der Waals surface area contributed by atoms with E-state index in [1.807, 2.05) is 29.8 Å². The van der Waals surface area contributed by atoms with Crippen molar-refractivity contribution >= 4 is 34.1 Å². The Morgan fingerprint density at radius 3 is 2.70 bits per heavy atom. The molecule has 27 heavy (non-hydrogen) atoms. The van der Waals surface area contributed by atoms with Crippen LogP contribution in [0.4, 0.5) is 5.13 Å². The van der Waals surface area contributed by atoms with E-state index in [0.29, 0.717) is 22.6 Å². The van der Waals surface area contributed by atoms with Gasteiger partial charge in [-0.1, -0.05) is 67.3 Å². The highest BCUT2D eigenvalue weighted by Crippen LogP contribution is 2.20. The maximum absolute atomic E-state index is 12.2. The number of amides is 1. The SMILES string of the molecule is CC(C)Cc1nnc(NC(=O)CSc2nnc(Cc3ccccc3)n2C)s1. The van der Waals surface area contributed by atoms with Gasteiger partial charge in [-0.25, -0.2) is 0 Å². The topological polar surface area (TPSA) is 85.6 Å². The third-order valence-corrected chi connectivity index (χ3v) is 5.64. The Balaban J connectivity index is 1.52. The van der Waals surface area contributed by atoms with Crippen molar-refractivity contribution in [3.8, 4) is 0 Å². The molecule has 7 nitrogen and oxygen atoms in total. The van der Waals surface area contributed by atoms with E-state index in [0.717, 1.165) is 17.3 Å². The third-order valence-electron chi connectivity index (χ3n) is 3.76. The number of hydrogen-bond acceptors (Lipinski definition) is 7. The lowest BCUT2D eigenvalue weighted by atomic mass is 10.1. The van der Waals surface area contributed by atoms with Crippen molar-refractivity contribution < 1.29 is 4.79 Å². The normalized spacial score (nSPS) is 11.1. The van der Waals surface area contributed by atoms with E-state index in [1.54, 1.807) is 0 Å². The van der Waals surface area contributed by atoms with Gasteiger partial charge in [0.2, 0.25) is 11.0 Å². The van der Waals surface area contributed by atoms with Crippen LogP contribution in [-0.4, -0.2) is 36.6 Å². The Kier molecular flexibility index (Phi) is 6.57. The van der Waals surface area contributed by atoms with Crippen LogP contribution in [-0.2, 0) is 24.7 Å². The van der Waals surface area contributed by atoms with Crippen molar-refractivity contribution in [3.05, 3.63) is 46.7 Å². The second-order valence-electron chi connectivity index (χ2n) is 6.56. The maximum atomic E-state index is 12.2.